The van der Waals surface area contributed by atoms with Crippen LogP contribution in [0, 0.1) is 0 Å². The summed E-state index contributed by atoms with van der Waals surface area (Å²) in [6.07, 6.45) is 3.98. The molecule has 248 valence electrons. The van der Waals surface area contributed by atoms with Gasteiger partial charge < -0.3 is 25.4 Å². The predicted octanol–water partition coefficient (Wildman–Crippen LogP) is 5.67. The van der Waals surface area contributed by atoms with Crippen molar-refractivity contribution < 1.29 is 19.1 Å². The molecular weight excluding hydrogens is 582 g/mol. The number of hydrogen-bond acceptors (Lipinski definition) is 10. The van der Waals surface area contributed by atoms with E-state index in [1.165, 1.54) is 5.56 Å². The highest BCUT2D eigenvalue weighted by atomic mass is 16.6. The lowest BCUT2D eigenvalue weighted by Crippen LogP contribution is -2.48. The summed E-state index contributed by atoms with van der Waals surface area (Å²) in [5.74, 6) is 1.36. The van der Waals surface area contributed by atoms with Crippen LogP contribution in [-0.4, -0.2) is 88.8 Å². The fourth-order valence-corrected chi connectivity index (χ4v) is 4.97. The summed E-state index contributed by atoms with van der Waals surface area (Å²) in [4.78, 5) is 37.6. The van der Waals surface area contributed by atoms with Crippen molar-refractivity contribution in [2.45, 2.75) is 65.7 Å². The molecule has 11 heteroatoms. The molecule has 3 heterocycles. The van der Waals surface area contributed by atoms with E-state index in [9.17, 15) is 9.59 Å². The number of amides is 1. The molecule has 0 spiro atoms. The fourth-order valence-electron chi connectivity index (χ4n) is 4.97. The summed E-state index contributed by atoms with van der Waals surface area (Å²) in [6, 6.07) is 16.4. The number of ether oxygens (including phenoxy) is 2. The van der Waals surface area contributed by atoms with Gasteiger partial charge in [0.1, 0.15) is 22.8 Å². The van der Waals surface area contributed by atoms with Gasteiger partial charge in [0.05, 0.1) is 6.54 Å². The molecule has 1 aliphatic heterocycles. The van der Waals surface area contributed by atoms with Gasteiger partial charge in [-0.15, -0.1) is 0 Å². The van der Waals surface area contributed by atoms with Gasteiger partial charge in [0, 0.05) is 69.5 Å². The number of nitrogens with one attached hydrogen (secondary N) is 3. The lowest BCUT2D eigenvalue weighted by atomic mass is 10.1. The largest absolute Gasteiger partial charge is 0.459 e. The number of aromatic nitrogens is 2. The maximum absolute atomic E-state index is 12.2. The fraction of sp³-hybridized carbons (Fsp3) is 0.486. The predicted molar refractivity (Wildman–Crippen MR) is 182 cm³/mol. The molecule has 11 nitrogen and oxygen atoms in total. The number of esters is 1. The topological polar surface area (TPSA) is 121 Å². The molecule has 3 aromatic rings. The van der Waals surface area contributed by atoms with Crippen LogP contribution < -0.4 is 16.0 Å². The molecule has 46 heavy (non-hydrogen) atoms. The summed E-state index contributed by atoms with van der Waals surface area (Å²) >= 11 is 0. The molecule has 0 radical (unpaired) electrons. The average molecular weight is 632 g/mol. The van der Waals surface area contributed by atoms with Gasteiger partial charge in [0.15, 0.2) is 0 Å². The zero-order chi connectivity index (χ0) is 33.2. The molecule has 1 amide bonds. The zero-order valence-corrected chi connectivity index (χ0v) is 28.1. The summed E-state index contributed by atoms with van der Waals surface area (Å²) in [5.41, 5.74) is 3.23. The van der Waals surface area contributed by atoms with Crippen LogP contribution in [0.5, 0.6) is 0 Å². The van der Waals surface area contributed by atoms with Gasteiger partial charge in [0.2, 0.25) is 0 Å². The van der Waals surface area contributed by atoms with Gasteiger partial charge in [-0.2, -0.15) is 0 Å². The van der Waals surface area contributed by atoms with Crippen molar-refractivity contribution in [1.82, 2.24) is 25.1 Å². The van der Waals surface area contributed by atoms with E-state index in [0.29, 0.717) is 19.6 Å². The SMILES string of the molecule is CC(C)(C)OC(=O)CN1CCN(Cc2cccc(Nc3cc(-c4ccc(NCCCNC(=O)OC(C)(C)C)nc4)ccn3)c2)CC1. The molecule has 1 fully saturated rings. The number of anilines is 3. The second-order valence-electron chi connectivity index (χ2n) is 13.5. The van der Waals surface area contributed by atoms with Crippen LogP contribution in [0.1, 0.15) is 53.5 Å². The van der Waals surface area contributed by atoms with Gasteiger partial charge in [-0.05, 0) is 95.5 Å². The molecule has 0 aliphatic carbocycles. The van der Waals surface area contributed by atoms with E-state index in [1.54, 1.807) is 6.20 Å². The third-order valence-corrected chi connectivity index (χ3v) is 7.03. The Morgan fingerprint density at radius 3 is 2.24 bits per heavy atom. The molecule has 0 atom stereocenters. The Balaban J connectivity index is 1.23. The van der Waals surface area contributed by atoms with E-state index in [1.807, 2.05) is 78.1 Å². The Morgan fingerprint density at radius 1 is 0.804 bits per heavy atom. The quantitative estimate of drug-likeness (QED) is 0.170. The van der Waals surface area contributed by atoms with Crippen LogP contribution in [0.2, 0.25) is 0 Å². The number of alkyl carbamates (subject to hydrolysis) is 1. The molecule has 1 aromatic carbocycles. The number of rotatable bonds is 12. The van der Waals surface area contributed by atoms with Gasteiger partial charge in [0.25, 0.3) is 0 Å². The average Bonchev–Trinajstić information content (AvgIpc) is 2.97. The second kappa shape index (κ2) is 15.9. The number of hydrogen-bond donors (Lipinski definition) is 3. The minimum Gasteiger partial charge on any atom is -0.459 e. The summed E-state index contributed by atoms with van der Waals surface area (Å²) in [7, 11) is 0. The number of nitrogens with zero attached hydrogens (tertiary/aromatic N) is 4. The van der Waals surface area contributed by atoms with Crippen LogP contribution in [0.15, 0.2) is 60.9 Å². The van der Waals surface area contributed by atoms with E-state index >= 15 is 0 Å². The molecule has 0 bridgehead atoms. The molecule has 2 aromatic heterocycles. The first kappa shape index (κ1) is 34.6. The second-order valence-corrected chi connectivity index (χ2v) is 13.5. The summed E-state index contributed by atoms with van der Waals surface area (Å²) in [5, 5.41) is 9.50. The van der Waals surface area contributed by atoms with Crippen LogP contribution in [0.25, 0.3) is 11.1 Å². The van der Waals surface area contributed by atoms with Crippen molar-refractivity contribution in [3.63, 3.8) is 0 Å². The van der Waals surface area contributed by atoms with Gasteiger partial charge in [-0.25, -0.2) is 14.8 Å². The van der Waals surface area contributed by atoms with Crippen molar-refractivity contribution in [1.29, 1.82) is 0 Å². The standard InChI is InChI=1S/C35H49N7O4/c1-34(2,3)45-32(43)25-42-19-17-41(18-20-42)24-26-9-7-10-29(21-26)40-31-22-27(13-16-37-31)28-11-12-30(39-23-28)36-14-8-15-38-33(44)46-35(4,5)6/h7,9-13,16,21-23H,8,14-15,17-20,24-25H2,1-6H3,(H,36,39)(H,37,40)(H,38,44). The molecule has 0 saturated carbocycles. The van der Waals surface area contributed by atoms with Crippen LogP contribution in [0.3, 0.4) is 0 Å². The first-order valence-electron chi connectivity index (χ1n) is 16.0. The monoisotopic (exact) mass is 631 g/mol. The summed E-state index contributed by atoms with van der Waals surface area (Å²) in [6.45, 7) is 17.1. The zero-order valence-electron chi connectivity index (χ0n) is 28.1. The molecule has 3 N–H and O–H groups in total. The van der Waals surface area contributed by atoms with Gasteiger partial charge in [-0.1, -0.05) is 12.1 Å². The van der Waals surface area contributed by atoms with E-state index in [4.69, 9.17) is 9.47 Å². The maximum atomic E-state index is 12.2. The van der Waals surface area contributed by atoms with Crippen molar-refractivity contribution in [2.24, 2.45) is 0 Å². The highest BCUT2D eigenvalue weighted by Gasteiger charge is 2.22. The third-order valence-electron chi connectivity index (χ3n) is 7.03. The van der Waals surface area contributed by atoms with Gasteiger partial charge >= 0.3 is 12.1 Å². The molecule has 1 saturated heterocycles. The number of carbonyl (C=O) groups is 2. The smallest absolute Gasteiger partial charge is 0.407 e. The van der Waals surface area contributed by atoms with Crippen molar-refractivity contribution in [3.05, 3.63) is 66.5 Å². The van der Waals surface area contributed by atoms with Crippen molar-refractivity contribution >= 4 is 29.4 Å². The minimum absolute atomic E-state index is 0.166. The lowest BCUT2D eigenvalue weighted by Gasteiger charge is -2.34. The van der Waals surface area contributed by atoms with Crippen LogP contribution in [-0.2, 0) is 20.8 Å². The third kappa shape index (κ3) is 12.3. The number of carbonyl (C=O) groups excluding carboxylic acids is 2. The number of benzene rings is 1. The maximum Gasteiger partial charge on any atom is 0.407 e. The van der Waals surface area contributed by atoms with Crippen molar-refractivity contribution in [2.75, 3.05) is 56.4 Å². The highest BCUT2D eigenvalue weighted by Crippen LogP contribution is 2.24. The molecular formula is C35H49N7O4. The first-order valence-corrected chi connectivity index (χ1v) is 16.0. The van der Waals surface area contributed by atoms with Crippen LogP contribution in [0.4, 0.5) is 22.1 Å². The minimum atomic E-state index is -0.504. The first-order chi connectivity index (χ1) is 21.8. The molecule has 4 rings (SSSR count). The Morgan fingerprint density at radius 2 is 1.54 bits per heavy atom. The lowest BCUT2D eigenvalue weighted by molar-refractivity contribution is -0.156. The summed E-state index contributed by atoms with van der Waals surface area (Å²) < 4.78 is 10.7. The molecule has 1 aliphatic rings. The normalized spacial score (nSPS) is 14.4. The number of pyridine rings is 2. The van der Waals surface area contributed by atoms with Crippen LogP contribution >= 0.6 is 0 Å². The van der Waals surface area contributed by atoms with E-state index < -0.39 is 17.3 Å². The van der Waals surface area contributed by atoms with E-state index in [0.717, 1.165) is 67.6 Å². The highest BCUT2D eigenvalue weighted by molar-refractivity contribution is 5.72. The Kier molecular flexibility index (Phi) is 11.9. The van der Waals surface area contributed by atoms with E-state index in [-0.39, 0.29) is 5.97 Å². The Hall–Kier alpha value is -4.22. The van der Waals surface area contributed by atoms with E-state index in [2.05, 4.69) is 53.9 Å². The Labute approximate surface area is 273 Å². The Bertz CT molecular complexity index is 1430. The molecule has 0 unspecified atom stereocenters. The van der Waals surface area contributed by atoms with Crippen molar-refractivity contribution in [3.8, 4) is 11.1 Å². The van der Waals surface area contributed by atoms with Gasteiger partial charge in [-0.3, -0.25) is 14.6 Å². The number of piperazine rings is 1.